The summed E-state index contributed by atoms with van der Waals surface area (Å²) in [5.74, 6) is -0.266. The number of carbonyl (C=O) groups is 1. The van der Waals surface area contributed by atoms with Gasteiger partial charge in [0, 0.05) is 11.5 Å². The van der Waals surface area contributed by atoms with Crippen molar-refractivity contribution >= 4 is 5.97 Å². The molecule has 24 heavy (non-hydrogen) atoms. The van der Waals surface area contributed by atoms with Crippen LogP contribution in [0, 0.1) is 22.7 Å². The van der Waals surface area contributed by atoms with Gasteiger partial charge in [-0.25, -0.2) is 4.79 Å². The lowest BCUT2D eigenvalue weighted by Gasteiger charge is -2.60. The second kappa shape index (κ2) is 7.01. The predicted octanol–water partition coefficient (Wildman–Crippen LogP) is 3.54. The number of aliphatic hydroxyl groups is 2. The summed E-state index contributed by atoms with van der Waals surface area (Å²) in [5, 5.41) is 29.2. The fourth-order valence-corrected chi connectivity index (χ4v) is 5.19. The summed E-state index contributed by atoms with van der Waals surface area (Å²) in [6.07, 6.45) is 7.38. The molecule has 0 amide bonds. The highest BCUT2D eigenvalue weighted by Gasteiger charge is 2.56. The summed E-state index contributed by atoms with van der Waals surface area (Å²) < 4.78 is 0. The Morgan fingerprint density at radius 1 is 1.42 bits per heavy atom. The minimum atomic E-state index is -1.00. The standard InChI is InChI=1S/C20H32O4/c1-13-6-5-7-16-19(3,9-8-15(12-21)11-18(23)24)14(2)10-17(22)20(13,16)4/h6,11,14,16-17,21-22H,5,7-10,12H2,1-4H3,(H,23,24)/b15-11-/t14-,16-,17+,19+,20+/m1/s1. The number of carboxylic acids is 1. The molecule has 4 heteroatoms. The Morgan fingerprint density at radius 3 is 2.67 bits per heavy atom. The van der Waals surface area contributed by atoms with E-state index in [1.165, 1.54) is 5.57 Å². The van der Waals surface area contributed by atoms with E-state index in [0.29, 0.717) is 23.8 Å². The average molecular weight is 336 g/mol. The zero-order valence-corrected chi connectivity index (χ0v) is 15.4. The maximum absolute atomic E-state index is 10.9. The molecule has 2 rings (SSSR count). The van der Waals surface area contributed by atoms with E-state index >= 15 is 0 Å². The van der Waals surface area contributed by atoms with Gasteiger partial charge in [-0.05, 0) is 61.9 Å². The number of hydrogen-bond donors (Lipinski definition) is 3. The quantitative estimate of drug-likeness (QED) is 0.530. The number of hydrogen-bond acceptors (Lipinski definition) is 3. The van der Waals surface area contributed by atoms with Crippen LogP contribution in [0.2, 0.25) is 0 Å². The van der Waals surface area contributed by atoms with Gasteiger partial charge in [0.25, 0.3) is 0 Å². The summed E-state index contributed by atoms with van der Waals surface area (Å²) in [6.45, 7) is 8.61. The van der Waals surface area contributed by atoms with Crippen LogP contribution in [-0.4, -0.2) is 34.0 Å². The van der Waals surface area contributed by atoms with Gasteiger partial charge in [0.2, 0.25) is 0 Å². The summed E-state index contributed by atoms with van der Waals surface area (Å²) in [6, 6.07) is 0. The topological polar surface area (TPSA) is 77.8 Å². The van der Waals surface area contributed by atoms with Gasteiger partial charge in [-0.3, -0.25) is 0 Å². The van der Waals surface area contributed by atoms with Crippen LogP contribution >= 0.6 is 0 Å². The van der Waals surface area contributed by atoms with Gasteiger partial charge in [-0.2, -0.15) is 0 Å². The van der Waals surface area contributed by atoms with Crippen molar-refractivity contribution in [1.29, 1.82) is 0 Å². The number of aliphatic carboxylic acids is 1. The molecule has 0 spiro atoms. The third-order valence-electron chi connectivity index (χ3n) is 7.19. The van der Waals surface area contributed by atoms with Crippen LogP contribution in [-0.2, 0) is 4.79 Å². The van der Waals surface area contributed by atoms with E-state index in [1.54, 1.807) is 0 Å². The lowest BCUT2D eigenvalue weighted by molar-refractivity contribution is -0.131. The van der Waals surface area contributed by atoms with E-state index in [-0.39, 0.29) is 23.5 Å². The second-order valence-electron chi connectivity index (χ2n) is 8.26. The number of allylic oxidation sites excluding steroid dienone is 1. The molecule has 2 aliphatic carbocycles. The van der Waals surface area contributed by atoms with E-state index in [9.17, 15) is 15.0 Å². The summed E-state index contributed by atoms with van der Waals surface area (Å²) >= 11 is 0. The van der Waals surface area contributed by atoms with Gasteiger partial charge in [-0.1, -0.05) is 32.4 Å². The van der Waals surface area contributed by atoms with Crippen LogP contribution in [0.15, 0.2) is 23.3 Å². The first-order chi connectivity index (χ1) is 11.2. The van der Waals surface area contributed by atoms with Gasteiger partial charge < -0.3 is 15.3 Å². The smallest absolute Gasteiger partial charge is 0.328 e. The van der Waals surface area contributed by atoms with Crippen LogP contribution in [0.5, 0.6) is 0 Å². The third-order valence-corrected chi connectivity index (χ3v) is 7.19. The molecule has 0 radical (unpaired) electrons. The first-order valence-corrected chi connectivity index (χ1v) is 9.04. The first-order valence-electron chi connectivity index (χ1n) is 9.04. The van der Waals surface area contributed by atoms with Gasteiger partial charge >= 0.3 is 5.97 Å². The van der Waals surface area contributed by atoms with Crippen molar-refractivity contribution in [3.8, 4) is 0 Å². The van der Waals surface area contributed by atoms with E-state index < -0.39 is 5.97 Å². The monoisotopic (exact) mass is 336 g/mol. The molecule has 0 aromatic heterocycles. The zero-order valence-electron chi connectivity index (χ0n) is 15.4. The molecular weight excluding hydrogens is 304 g/mol. The molecule has 0 saturated heterocycles. The minimum Gasteiger partial charge on any atom is -0.478 e. The highest BCUT2D eigenvalue weighted by Crippen LogP contribution is 2.61. The normalized spacial score (nSPS) is 40.0. The predicted molar refractivity (Wildman–Crippen MR) is 94.5 cm³/mol. The number of aliphatic hydroxyl groups excluding tert-OH is 2. The molecule has 4 nitrogen and oxygen atoms in total. The Kier molecular flexibility index (Phi) is 5.61. The summed E-state index contributed by atoms with van der Waals surface area (Å²) in [5.41, 5.74) is 1.69. The third kappa shape index (κ3) is 3.18. The average Bonchev–Trinajstić information content (AvgIpc) is 2.51. The lowest BCUT2D eigenvalue weighted by atomic mass is 9.46. The first kappa shape index (κ1) is 19.2. The highest BCUT2D eigenvalue weighted by atomic mass is 16.4. The van der Waals surface area contributed by atoms with Crippen LogP contribution in [0.25, 0.3) is 0 Å². The Labute approximate surface area is 145 Å². The van der Waals surface area contributed by atoms with Crippen molar-refractivity contribution in [2.24, 2.45) is 22.7 Å². The summed E-state index contributed by atoms with van der Waals surface area (Å²) in [4.78, 5) is 10.9. The van der Waals surface area contributed by atoms with Gasteiger partial charge in [0.1, 0.15) is 0 Å². The molecule has 1 saturated carbocycles. The molecule has 0 aromatic rings. The Morgan fingerprint density at radius 2 is 2.08 bits per heavy atom. The molecule has 5 atom stereocenters. The van der Waals surface area contributed by atoms with Gasteiger partial charge in [-0.15, -0.1) is 0 Å². The lowest BCUT2D eigenvalue weighted by Crippen LogP contribution is -2.56. The highest BCUT2D eigenvalue weighted by molar-refractivity contribution is 5.80. The fourth-order valence-electron chi connectivity index (χ4n) is 5.19. The number of rotatable bonds is 5. The van der Waals surface area contributed by atoms with Crippen molar-refractivity contribution in [3.05, 3.63) is 23.3 Å². The second-order valence-corrected chi connectivity index (χ2v) is 8.26. The van der Waals surface area contributed by atoms with Crippen molar-refractivity contribution in [2.45, 2.75) is 65.9 Å². The molecule has 0 aliphatic heterocycles. The van der Waals surface area contributed by atoms with Gasteiger partial charge in [0.05, 0.1) is 12.7 Å². The SMILES string of the molecule is CC1=CCC[C@@H]2[C@@](C)(CC/C(=C/C(=O)O)CO)[C@H](C)C[C@H](O)[C@@]12C. The molecule has 0 aromatic carbocycles. The van der Waals surface area contributed by atoms with Crippen molar-refractivity contribution in [2.75, 3.05) is 6.61 Å². The fraction of sp³-hybridized carbons (Fsp3) is 0.750. The van der Waals surface area contributed by atoms with E-state index in [4.69, 9.17) is 5.11 Å². The van der Waals surface area contributed by atoms with Crippen LogP contribution < -0.4 is 0 Å². The molecule has 136 valence electrons. The van der Waals surface area contributed by atoms with Crippen molar-refractivity contribution < 1.29 is 20.1 Å². The number of fused-ring (bicyclic) bond motifs is 1. The molecule has 3 N–H and O–H groups in total. The molecule has 0 heterocycles. The van der Waals surface area contributed by atoms with E-state index in [2.05, 4.69) is 33.8 Å². The summed E-state index contributed by atoms with van der Waals surface area (Å²) in [7, 11) is 0. The molecular formula is C20H32O4. The van der Waals surface area contributed by atoms with Crippen LogP contribution in [0.3, 0.4) is 0 Å². The van der Waals surface area contributed by atoms with Crippen LogP contribution in [0.1, 0.15) is 59.8 Å². The largest absolute Gasteiger partial charge is 0.478 e. The van der Waals surface area contributed by atoms with E-state index in [0.717, 1.165) is 31.8 Å². The number of carboxylic acid groups (broad SMARTS) is 1. The van der Waals surface area contributed by atoms with Crippen molar-refractivity contribution in [3.63, 3.8) is 0 Å². The maximum atomic E-state index is 10.9. The van der Waals surface area contributed by atoms with Gasteiger partial charge in [0.15, 0.2) is 0 Å². The molecule has 2 aliphatic rings. The van der Waals surface area contributed by atoms with Crippen molar-refractivity contribution in [1.82, 2.24) is 0 Å². The Bertz CT molecular complexity index is 550. The molecule has 1 fully saturated rings. The van der Waals surface area contributed by atoms with E-state index in [1.807, 2.05) is 0 Å². The van der Waals surface area contributed by atoms with Crippen LogP contribution in [0.4, 0.5) is 0 Å². The zero-order chi connectivity index (χ0) is 18.1. The molecule has 0 bridgehead atoms. The maximum Gasteiger partial charge on any atom is 0.328 e. The Hall–Kier alpha value is -1.13. The Balaban J connectivity index is 2.29. The minimum absolute atomic E-state index is 0.0241. The molecule has 0 unspecified atom stereocenters.